The summed E-state index contributed by atoms with van der Waals surface area (Å²) >= 11 is 0. The lowest BCUT2D eigenvalue weighted by Crippen LogP contribution is -1.96. The topological polar surface area (TPSA) is 0 Å². The first-order valence-electron chi connectivity index (χ1n) is 4.14. The zero-order valence-corrected chi connectivity index (χ0v) is 8.46. The zero-order chi connectivity index (χ0) is 7.82. The SMILES string of the molecule is CCC=C[SiH](C)C=CCC. The Morgan fingerprint density at radius 3 is 1.70 bits per heavy atom. The van der Waals surface area contributed by atoms with Crippen molar-refractivity contribution < 1.29 is 0 Å². The summed E-state index contributed by atoms with van der Waals surface area (Å²) in [4.78, 5) is 0. The van der Waals surface area contributed by atoms with Crippen LogP contribution in [-0.4, -0.2) is 8.80 Å². The van der Waals surface area contributed by atoms with Gasteiger partial charge in [-0.15, -0.1) is 0 Å². The first kappa shape index (κ1) is 9.70. The summed E-state index contributed by atoms with van der Waals surface area (Å²) in [5, 5.41) is 0. The fraction of sp³-hybridized carbons (Fsp3) is 0.556. The van der Waals surface area contributed by atoms with Gasteiger partial charge in [-0.25, -0.2) is 0 Å². The van der Waals surface area contributed by atoms with Crippen LogP contribution in [0.1, 0.15) is 26.7 Å². The van der Waals surface area contributed by atoms with Gasteiger partial charge in [0.25, 0.3) is 0 Å². The summed E-state index contributed by atoms with van der Waals surface area (Å²) in [5.74, 6) is 0. The Morgan fingerprint density at radius 1 is 1.00 bits per heavy atom. The second kappa shape index (κ2) is 6.81. The molecule has 0 aliphatic carbocycles. The maximum absolute atomic E-state index is 2.38. The summed E-state index contributed by atoms with van der Waals surface area (Å²) in [6.07, 6.45) is 6.91. The normalized spacial score (nSPS) is 15.1. The highest BCUT2D eigenvalue weighted by Crippen LogP contribution is 1.90. The Morgan fingerprint density at radius 2 is 1.40 bits per heavy atom. The van der Waals surface area contributed by atoms with Crippen molar-refractivity contribution in [2.75, 3.05) is 0 Å². The second-order valence-corrected chi connectivity index (χ2v) is 5.02. The van der Waals surface area contributed by atoms with Gasteiger partial charge in [-0.3, -0.25) is 0 Å². The van der Waals surface area contributed by atoms with Crippen molar-refractivity contribution in [3.63, 3.8) is 0 Å². The van der Waals surface area contributed by atoms with Gasteiger partial charge in [0, 0.05) is 0 Å². The minimum atomic E-state index is -0.599. The van der Waals surface area contributed by atoms with Crippen molar-refractivity contribution in [3.8, 4) is 0 Å². The maximum Gasteiger partial charge on any atom is 0.0814 e. The number of allylic oxidation sites excluding steroid dienone is 2. The van der Waals surface area contributed by atoms with Crippen LogP contribution >= 0.6 is 0 Å². The molecule has 0 aromatic carbocycles. The molecule has 58 valence electrons. The third kappa shape index (κ3) is 5.83. The molecule has 1 heteroatoms. The van der Waals surface area contributed by atoms with E-state index >= 15 is 0 Å². The van der Waals surface area contributed by atoms with Crippen molar-refractivity contribution in [2.24, 2.45) is 0 Å². The highest BCUT2D eigenvalue weighted by atomic mass is 28.3. The van der Waals surface area contributed by atoms with E-state index in [-0.39, 0.29) is 0 Å². The number of hydrogen-bond acceptors (Lipinski definition) is 0. The summed E-state index contributed by atoms with van der Waals surface area (Å²) in [5.41, 5.74) is 4.76. The van der Waals surface area contributed by atoms with Crippen LogP contribution in [0.2, 0.25) is 6.55 Å². The lowest BCUT2D eigenvalue weighted by atomic mass is 10.5. The first-order chi connectivity index (χ1) is 4.81. The fourth-order valence-corrected chi connectivity index (χ4v) is 2.30. The molecule has 0 saturated heterocycles. The van der Waals surface area contributed by atoms with Gasteiger partial charge in [0.15, 0.2) is 0 Å². The smallest absolute Gasteiger partial charge is 0.0814 e. The lowest BCUT2D eigenvalue weighted by molar-refractivity contribution is 1.22. The number of rotatable bonds is 4. The van der Waals surface area contributed by atoms with Crippen LogP contribution in [0.15, 0.2) is 23.6 Å². The van der Waals surface area contributed by atoms with Gasteiger partial charge in [-0.1, -0.05) is 43.9 Å². The molecule has 0 radical (unpaired) electrons. The van der Waals surface area contributed by atoms with E-state index in [1.807, 2.05) is 0 Å². The molecule has 0 bridgehead atoms. The van der Waals surface area contributed by atoms with Gasteiger partial charge < -0.3 is 0 Å². The minimum absolute atomic E-state index is 0.599. The highest BCUT2D eigenvalue weighted by Gasteiger charge is 1.88. The quantitative estimate of drug-likeness (QED) is 0.546. The van der Waals surface area contributed by atoms with E-state index in [0.717, 1.165) is 0 Å². The zero-order valence-electron chi connectivity index (χ0n) is 7.30. The Hall–Kier alpha value is -0.303. The molecule has 0 rings (SSSR count). The van der Waals surface area contributed by atoms with Gasteiger partial charge in [-0.05, 0) is 12.8 Å². The highest BCUT2D eigenvalue weighted by molar-refractivity contribution is 6.68. The molecule has 0 amide bonds. The molecule has 0 saturated carbocycles. The fourth-order valence-electron chi connectivity index (χ4n) is 0.766. The van der Waals surface area contributed by atoms with Crippen LogP contribution in [0.25, 0.3) is 0 Å². The summed E-state index contributed by atoms with van der Waals surface area (Å²) in [7, 11) is -0.599. The average Bonchev–Trinajstić information content (AvgIpc) is 1.97. The molecule has 0 aliphatic rings. The summed E-state index contributed by atoms with van der Waals surface area (Å²) in [6.45, 7) is 6.71. The Labute approximate surface area is 66.3 Å². The molecular weight excluding hydrogens is 136 g/mol. The van der Waals surface area contributed by atoms with E-state index in [1.54, 1.807) is 0 Å². The molecule has 0 unspecified atom stereocenters. The van der Waals surface area contributed by atoms with Gasteiger partial charge in [0.1, 0.15) is 0 Å². The third-order valence-electron chi connectivity index (χ3n) is 1.35. The molecule has 0 aromatic heterocycles. The number of hydrogen-bond donors (Lipinski definition) is 0. The molecule has 0 N–H and O–H groups in total. The first-order valence-corrected chi connectivity index (χ1v) is 6.63. The van der Waals surface area contributed by atoms with Crippen LogP contribution in [0, 0.1) is 0 Å². The van der Waals surface area contributed by atoms with E-state index in [4.69, 9.17) is 0 Å². The Bertz CT molecular complexity index is 99.9. The summed E-state index contributed by atoms with van der Waals surface area (Å²) < 4.78 is 0. The average molecular weight is 154 g/mol. The lowest BCUT2D eigenvalue weighted by Gasteiger charge is -1.92. The molecular formula is C9H18Si. The van der Waals surface area contributed by atoms with Crippen LogP contribution in [0.5, 0.6) is 0 Å². The molecule has 0 atom stereocenters. The van der Waals surface area contributed by atoms with Crippen LogP contribution in [0.4, 0.5) is 0 Å². The van der Waals surface area contributed by atoms with Crippen LogP contribution in [-0.2, 0) is 0 Å². The largest absolute Gasteiger partial charge is 0.0977 e. The predicted molar refractivity (Wildman–Crippen MR) is 51.9 cm³/mol. The van der Waals surface area contributed by atoms with E-state index in [1.165, 1.54) is 12.8 Å². The van der Waals surface area contributed by atoms with Gasteiger partial charge in [0.05, 0.1) is 8.80 Å². The van der Waals surface area contributed by atoms with Crippen molar-refractivity contribution >= 4 is 8.80 Å². The van der Waals surface area contributed by atoms with E-state index in [2.05, 4.69) is 43.9 Å². The molecule has 0 heterocycles. The van der Waals surface area contributed by atoms with Crippen molar-refractivity contribution in [2.45, 2.75) is 33.2 Å². The standard InChI is InChI=1S/C9H18Si/c1-4-6-8-10(3)9-7-5-2/h6-10H,4-5H2,1-3H3. The molecule has 0 nitrogen and oxygen atoms in total. The van der Waals surface area contributed by atoms with E-state index in [9.17, 15) is 0 Å². The summed E-state index contributed by atoms with van der Waals surface area (Å²) in [6, 6.07) is 0. The molecule has 0 fully saturated rings. The van der Waals surface area contributed by atoms with Gasteiger partial charge in [0.2, 0.25) is 0 Å². The Balaban J connectivity index is 3.52. The molecule has 0 aliphatic heterocycles. The van der Waals surface area contributed by atoms with Crippen LogP contribution < -0.4 is 0 Å². The predicted octanol–water partition coefficient (Wildman–Crippen LogP) is 2.85. The van der Waals surface area contributed by atoms with Crippen LogP contribution in [0.3, 0.4) is 0 Å². The minimum Gasteiger partial charge on any atom is -0.0977 e. The molecule has 0 spiro atoms. The van der Waals surface area contributed by atoms with Crippen molar-refractivity contribution in [1.82, 2.24) is 0 Å². The van der Waals surface area contributed by atoms with Gasteiger partial charge in [-0.2, -0.15) is 0 Å². The maximum atomic E-state index is 2.38. The molecule has 10 heavy (non-hydrogen) atoms. The Kier molecular flexibility index (Phi) is 6.61. The third-order valence-corrected chi connectivity index (χ3v) is 3.11. The van der Waals surface area contributed by atoms with Crippen molar-refractivity contribution in [3.05, 3.63) is 23.6 Å². The molecule has 0 aromatic rings. The van der Waals surface area contributed by atoms with E-state index < -0.39 is 8.80 Å². The van der Waals surface area contributed by atoms with E-state index in [0.29, 0.717) is 0 Å². The second-order valence-electron chi connectivity index (χ2n) is 2.53. The van der Waals surface area contributed by atoms with Crippen molar-refractivity contribution in [1.29, 1.82) is 0 Å². The monoisotopic (exact) mass is 154 g/mol. The van der Waals surface area contributed by atoms with Gasteiger partial charge >= 0.3 is 0 Å².